The lowest BCUT2D eigenvalue weighted by Crippen LogP contribution is -2.26. The molecule has 0 atom stereocenters. The maximum absolute atomic E-state index is 11.9. The van der Waals surface area contributed by atoms with Gasteiger partial charge in [-0.2, -0.15) is 0 Å². The molecule has 1 heterocycles. The highest BCUT2D eigenvalue weighted by Gasteiger charge is 2.10. The molecule has 5 heteroatoms. The molecule has 0 saturated carbocycles. The van der Waals surface area contributed by atoms with Crippen molar-refractivity contribution in [2.75, 3.05) is 6.54 Å². The first-order chi connectivity index (χ1) is 10.6. The number of hydrogen-bond donors (Lipinski definition) is 2. The van der Waals surface area contributed by atoms with Gasteiger partial charge in [0.2, 0.25) is 5.91 Å². The monoisotopic (exact) mass is 303 g/mol. The summed E-state index contributed by atoms with van der Waals surface area (Å²) < 4.78 is 0. The SMILES string of the molecule is Cc1nc(C)c(CCC(=O)NCCC2=CCCCC2)c(=O)[nH]1. The summed E-state index contributed by atoms with van der Waals surface area (Å²) in [5.41, 5.74) is 2.64. The van der Waals surface area contributed by atoms with E-state index in [1.54, 1.807) is 6.92 Å². The molecule has 5 nitrogen and oxygen atoms in total. The molecule has 1 aromatic rings. The van der Waals surface area contributed by atoms with Crippen LogP contribution in [0.2, 0.25) is 0 Å². The Labute approximate surface area is 131 Å². The largest absolute Gasteiger partial charge is 0.356 e. The van der Waals surface area contributed by atoms with E-state index >= 15 is 0 Å². The number of rotatable bonds is 6. The second-order valence-electron chi connectivity index (χ2n) is 5.92. The van der Waals surface area contributed by atoms with Crippen molar-refractivity contribution in [2.24, 2.45) is 0 Å². The van der Waals surface area contributed by atoms with Crippen LogP contribution in [0.5, 0.6) is 0 Å². The third kappa shape index (κ3) is 4.83. The molecule has 0 saturated heterocycles. The Hall–Kier alpha value is -1.91. The highest BCUT2D eigenvalue weighted by atomic mass is 16.1. The smallest absolute Gasteiger partial charge is 0.254 e. The minimum absolute atomic E-state index is 0.00390. The van der Waals surface area contributed by atoms with Crippen LogP contribution in [0.4, 0.5) is 0 Å². The molecular weight excluding hydrogens is 278 g/mol. The number of carbonyl (C=O) groups excluding carboxylic acids is 1. The van der Waals surface area contributed by atoms with Crippen molar-refractivity contribution in [3.05, 3.63) is 39.1 Å². The van der Waals surface area contributed by atoms with Crippen molar-refractivity contribution in [3.8, 4) is 0 Å². The number of allylic oxidation sites excluding steroid dienone is 1. The minimum atomic E-state index is -0.134. The average molecular weight is 303 g/mol. The highest BCUT2D eigenvalue weighted by molar-refractivity contribution is 5.76. The van der Waals surface area contributed by atoms with E-state index in [-0.39, 0.29) is 11.5 Å². The number of nitrogens with zero attached hydrogens (tertiary/aromatic N) is 1. The lowest BCUT2D eigenvalue weighted by Gasteiger charge is -2.13. The van der Waals surface area contributed by atoms with Crippen molar-refractivity contribution >= 4 is 5.91 Å². The molecule has 22 heavy (non-hydrogen) atoms. The topological polar surface area (TPSA) is 74.8 Å². The molecule has 1 aliphatic carbocycles. The van der Waals surface area contributed by atoms with Crippen LogP contribution in [0.15, 0.2) is 16.4 Å². The molecule has 0 spiro atoms. The number of aromatic nitrogens is 2. The fourth-order valence-electron chi connectivity index (χ4n) is 2.87. The maximum Gasteiger partial charge on any atom is 0.254 e. The predicted molar refractivity (Wildman–Crippen MR) is 86.8 cm³/mol. The Bertz CT molecular complexity index is 617. The number of hydrogen-bond acceptors (Lipinski definition) is 3. The summed E-state index contributed by atoms with van der Waals surface area (Å²) in [4.78, 5) is 30.7. The van der Waals surface area contributed by atoms with E-state index in [1.165, 1.54) is 31.3 Å². The van der Waals surface area contributed by atoms with Gasteiger partial charge < -0.3 is 10.3 Å². The van der Waals surface area contributed by atoms with Gasteiger partial charge in [-0.05, 0) is 52.4 Å². The zero-order valence-corrected chi connectivity index (χ0v) is 13.5. The summed E-state index contributed by atoms with van der Waals surface area (Å²) in [6.45, 7) is 4.25. The van der Waals surface area contributed by atoms with Crippen molar-refractivity contribution in [3.63, 3.8) is 0 Å². The number of aromatic amines is 1. The molecule has 2 N–H and O–H groups in total. The van der Waals surface area contributed by atoms with E-state index in [0.717, 1.165) is 6.42 Å². The van der Waals surface area contributed by atoms with Crippen LogP contribution in [0, 0.1) is 13.8 Å². The Balaban J connectivity index is 1.76. The Morgan fingerprint density at radius 2 is 2.14 bits per heavy atom. The molecule has 2 rings (SSSR count). The van der Waals surface area contributed by atoms with Gasteiger partial charge in [-0.1, -0.05) is 11.6 Å². The van der Waals surface area contributed by atoms with Crippen LogP contribution in [0.1, 0.15) is 55.6 Å². The second kappa shape index (κ2) is 7.92. The zero-order chi connectivity index (χ0) is 15.9. The normalized spacial score (nSPS) is 14.5. The van der Waals surface area contributed by atoms with Crippen molar-refractivity contribution in [1.82, 2.24) is 15.3 Å². The number of H-pyrrole nitrogens is 1. The molecule has 1 aliphatic rings. The van der Waals surface area contributed by atoms with Gasteiger partial charge in [0.05, 0.1) is 0 Å². The fourth-order valence-corrected chi connectivity index (χ4v) is 2.87. The van der Waals surface area contributed by atoms with Gasteiger partial charge in [-0.25, -0.2) is 4.98 Å². The number of carbonyl (C=O) groups is 1. The first kappa shape index (κ1) is 16.5. The van der Waals surface area contributed by atoms with Gasteiger partial charge in [-0.3, -0.25) is 9.59 Å². The average Bonchev–Trinajstić information content (AvgIpc) is 2.47. The van der Waals surface area contributed by atoms with E-state index < -0.39 is 0 Å². The van der Waals surface area contributed by atoms with Gasteiger partial charge >= 0.3 is 0 Å². The van der Waals surface area contributed by atoms with Crippen LogP contribution >= 0.6 is 0 Å². The summed E-state index contributed by atoms with van der Waals surface area (Å²) in [7, 11) is 0. The number of nitrogens with one attached hydrogen (secondary N) is 2. The summed E-state index contributed by atoms with van der Waals surface area (Å²) in [6.07, 6.45) is 8.90. The first-order valence-corrected chi connectivity index (χ1v) is 8.07. The quantitative estimate of drug-likeness (QED) is 0.792. The van der Waals surface area contributed by atoms with Crippen LogP contribution in [-0.2, 0) is 11.2 Å². The van der Waals surface area contributed by atoms with Gasteiger partial charge in [0.1, 0.15) is 5.82 Å². The van der Waals surface area contributed by atoms with Crippen LogP contribution in [0.3, 0.4) is 0 Å². The van der Waals surface area contributed by atoms with Crippen LogP contribution < -0.4 is 10.9 Å². The van der Waals surface area contributed by atoms with Crippen molar-refractivity contribution in [1.29, 1.82) is 0 Å². The molecule has 0 unspecified atom stereocenters. The second-order valence-corrected chi connectivity index (χ2v) is 5.92. The van der Waals surface area contributed by atoms with Crippen molar-refractivity contribution in [2.45, 2.75) is 58.8 Å². The molecule has 0 aliphatic heterocycles. The molecule has 0 bridgehead atoms. The highest BCUT2D eigenvalue weighted by Crippen LogP contribution is 2.19. The van der Waals surface area contributed by atoms with E-state index in [4.69, 9.17) is 0 Å². The third-order valence-electron chi connectivity index (χ3n) is 4.10. The Kier molecular flexibility index (Phi) is 5.92. The van der Waals surface area contributed by atoms with Crippen LogP contribution in [-0.4, -0.2) is 22.4 Å². The van der Waals surface area contributed by atoms with Gasteiger partial charge in [-0.15, -0.1) is 0 Å². The fraction of sp³-hybridized carbons (Fsp3) is 0.588. The summed E-state index contributed by atoms with van der Waals surface area (Å²) in [5.74, 6) is 0.604. The molecule has 0 aromatic carbocycles. The number of aryl methyl sites for hydroxylation is 2. The third-order valence-corrected chi connectivity index (χ3v) is 4.10. The van der Waals surface area contributed by atoms with Crippen LogP contribution in [0.25, 0.3) is 0 Å². The molecule has 1 aromatic heterocycles. The number of amides is 1. The molecule has 120 valence electrons. The Morgan fingerprint density at radius 3 is 2.82 bits per heavy atom. The Morgan fingerprint density at radius 1 is 1.32 bits per heavy atom. The van der Waals surface area contributed by atoms with Crippen molar-refractivity contribution < 1.29 is 4.79 Å². The first-order valence-electron chi connectivity index (χ1n) is 8.07. The van der Waals surface area contributed by atoms with E-state index in [0.29, 0.717) is 36.5 Å². The zero-order valence-electron chi connectivity index (χ0n) is 13.5. The van der Waals surface area contributed by atoms with Gasteiger partial charge in [0, 0.05) is 24.2 Å². The lowest BCUT2D eigenvalue weighted by atomic mass is 9.97. The predicted octanol–water partition coefficient (Wildman–Crippen LogP) is 2.33. The van der Waals surface area contributed by atoms with E-state index in [1.807, 2.05) is 6.92 Å². The maximum atomic E-state index is 11.9. The molecule has 0 radical (unpaired) electrons. The van der Waals surface area contributed by atoms with Gasteiger partial charge in [0.25, 0.3) is 5.56 Å². The van der Waals surface area contributed by atoms with Gasteiger partial charge in [0.15, 0.2) is 0 Å². The minimum Gasteiger partial charge on any atom is -0.356 e. The molecule has 1 amide bonds. The summed E-state index contributed by atoms with van der Waals surface area (Å²) in [6, 6.07) is 0. The molecule has 0 fully saturated rings. The molecular formula is C17H25N3O2. The summed E-state index contributed by atoms with van der Waals surface area (Å²) >= 11 is 0. The standard InChI is InChI=1S/C17H25N3O2/c1-12-15(17(22)20-13(2)19-12)8-9-16(21)18-11-10-14-6-4-3-5-7-14/h6H,3-5,7-11H2,1-2H3,(H,18,21)(H,19,20,22). The van der Waals surface area contributed by atoms with E-state index in [2.05, 4.69) is 21.4 Å². The summed E-state index contributed by atoms with van der Waals surface area (Å²) in [5, 5.41) is 2.94. The van der Waals surface area contributed by atoms with E-state index in [9.17, 15) is 9.59 Å². The lowest BCUT2D eigenvalue weighted by molar-refractivity contribution is -0.121.